The fourth-order valence-corrected chi connectivity index (χ4v) is 2.67. The zero-order valence-corrected chi connectivity index (χ0v) is 12.1. The van der Waals surface area contributed by atoms with Gasteiger partial charge in [-0.05, 0) is 44.7 Å². The van der Waals surface area contributed by atoms with E-state index in [0.717, 1.165) is 31.4 Å². The molecule has 0 radical (unpaired) electrons. The maximum absolute atomic E-state index is 12.2. The Bertz CT molecular complexity index is 623. The summed E-state index contributed by atoms with van der Waals surface area (Å²) in [4.78, 5) is 12.2. The maximum atomic E-state index is 12.2. The standard InChI is InChI=1S/C15H20N4O2/c1-9-2-7-14(21-9)12-8-13(19-18-12)15(20)17-11-5-3-10(16)4-6-11/h2,7-8,10-11H,3-6,16H2,1H3,(H,17,20)(H,18,19). The van der Waals surface area contributed by atoms with Gasteiger partial charge in [0.1, 0.15) is 11.5 Å². The molecule has 0 spiro atoms. The molecule has 2 aromatic rings. The summed E-state index contributed by atoms with van der Waals surface area (Å²) >= 11 is 0. The molecule has 0 saturated heterocycles. The largest absolute Gasteiger partial charge is 0.460 e. The fourth-order valence-electron chi connectivity index (χ4n) is 2.67. The van der Waals surface area contributed by atoms with Gasteiger partial charge in [0.05, 0.1) is 0 Å². The van der Waals surface area contributed by atoms with Gasteiger partial charge in [-0.1, -0.05) is 0 Å². The molecule has 1 aliphatic carbocycles. The lowest BCUT2D eigenvalue weighted by Gasteiger charge is -2.26. The van der Waals surface area contributed by atoms with Crippen LogP contribution in [0.25, 0.3) is 11.5 Å². The van der Waals surface area contributed by atoms with E-state index in [1.807, 2.05) is 19.1 Å². The summed E-state index contributed by atoms with van der Waals surface area (Å²) in [6.07, 6.45) is 3.79. The quantitative estimate of drug-likeness (QED) is 0.804. The van der Waals surface area contributed by atoms with Crippen LogP contribution in [0.5, 0.6) is 0 Å². The number of hydrogen-bond donors (Lipinski definition) is 3. The summed E-state index contributed by atoms with van der Waals surface area (Å²) in [5.41, 5.74) is 6.96. The number of rotatable bonds is 3. The molecule has 4 N–H and O–H groups in total. The number of nitrogens with one attached hydrogen (secondary N) is 2. The van der Waals surface area contributed by atoms with E-state index in [-0.39, 0.29) is 18.0 Å². The Hall–Kier alpha value is -2.08. The third-order valence-electron chi connectivity index (χ3n) is 3.92. The Balaban J connectivity index is 1.64. The van der Waals surface area contributed by atoms with Gasteiger partial charge < -0.3 is 15.5 Å². The van der Waals surface area contributed by atoms with Gasteiger partial charge in [-0.3, -0.25) is 9.89 Å². The SMILES string of the molecule is Cc1ccc(-c2cc(C(=O)NC3CCC(N)CC3)n[nH]2)o1. The average molecular weight is 288 g/mol. The van der Waals surface area contributed by atoms with Gasteiger partial charge in [-0.2, -0.15) is 5.10 Å². The van der Waals surface area contributed by atoms with Gasteiger partial charge in [-0.15, -0.1) is 0 Å². The Kier molecular flexibility index (Phi) is 3.79. The smallest absolute Gasteiger partial charge is 0.272 e. The second-order valence-electron chi connectivity index (χ2n) is 5.66. The number of carbonyl (C=O) groups excluding carboxylic acids is 1. The summed E-state index contributed by atoms with van der Waals surface area (Å²) in [6, 6.07) is 5.91. The number of aromatic amines is 1. The number of carbonyl (C=O) groups is 1. The number of amides is 1. The van der Waals surface area contributed by atoms with Crippen molar-refractivity contribution >= 4 is 5.91 Å². The van der Waals surface area contributed by atoms with Crippen molar-refractivity contribution in [2.75, 3.05) is 0 Å². The van der Waals surface area contributed by atoms with Gasteiger partial charge >= 0.3 is 0 Å². The second-order valence-corrected chi connectivity index (χ2v) is 5.66. The molecular formula is C15H20N4O2. The molecule has 2 heterocycles. The monoisotopic (exact) mass is 288 g/mol. The molecule has 1 amide bonds. The van der Waals surface area contributed by atoms with E-state index in [4.69, 9.17) is 10.2 Å². The molecule has 6 heteroatoms. The zero-order chi connectivity index (χ0) is 14.8. The molecule has 1 saturated carbocycles. The van der Waals surface area contributed by atoms with E-state index in [0.29, 0.717) is 17.1 Å². The van der Waals surface area contributed by atoms with Gasteiger partial charge in [0.15, 0.2) is 11.5 Å². The normalized spacial score (nSPS) is 22.2. The number of nitrogens with zero attached hydrogens (tertiary/aromatic N) is 1. The topological polar surface area (TPSA) is 96.9 Å². The number of aromatic nitrogens is 2. The van der Waals surface area contributed by atoms with Crippen LogP contribution >= 0.6 is 0 Å². The minimum atomic E-state index is -0.152. The second kappa shape index (κ2) is 5.73. The highest BCUT2D eigenvalue weighted by Gasteiger charge is 2.22. The van der Waals surface area contributed by atoms with E-state index in [9.17, 15) is 4.79 Å². The molecule has 21 heavy (non-hydrogen) atoms. The Labute approximate surface area is 123 Å². The number of H-pyrrole nitrogens is 1. The summed E-state index contributed by atoms with van der Waals surface area (Å²) in [7, 11) is 0. The van der Waals surface area contributed by atoms with E-state index >= 15 is 0 Å². The molecule has 0 atom stereocenters. The number of nitrogens with two attached hydrogens (primary N) is 1. The van der Waals surface area contributed by atoms with Crippen molar-refractivity contribution in [1.82, 2.24) is 15.5 Å². The molecule has 6 nitrogen and oxygen atoms in total. The highest BCUT2D eigenvalue weighted by molar-refractivity contribution is 5.93. The minimum absolute atomic E-state index is 0.152. The van der Waals surface area contributed by atoms with Crippen molar-refractivity contribution < 1.29 is 9.21 Å². The molecule has 0 bridgehead atoms. The molecule has 0 aliphatic heterocycles. The van der Waals surface area contributed by atoms with Gasteiger partial charge in [0.25, 0.3) is 5.91 Å². The molecule has 1 aliphatic rings. The van der Waals surface area contributed by atoms with Gasteiger partial charge in [-0.25, -0.2) is 0 Å². The number of furan rings is 1. The zero-order valence-electron chi connectivity index (χ0n) is 12.1. The molecular weight excluding hydrogens is 268 g/mol. The van der Waals surface area contributed by atoms with E-state index < -0.39 is 0 Å². The van der Waals surface area contributed by atoms with Crippen LogP contribution in [0.2, 0.25) is 0 Å². The lowest BCUT2D eigenvalue weighted by molar-refractivity contribution is 0.0921. The van der Waals surface area contributed by atoms with Crippen LogP contribution in [-0.2, 0) is 0 Å². The molecule has 112 valence electrons. The van der Waals surface area contributed by atoms with Crippen LogP contribution in [0.3, 0.4) is 0 Å². The van der Waals surface area contributed by atoms with Gasteiger partial charge in [0.2, 0.25) is 0 Å². The van der Waals surface area contributed by atoms with Crippen molar-refractivity contribution in [3.8, 4) is 11.5 Å². The van der Waals surface area contributed by atoms with Crippen molar-refractivity contribution in [3.05, 3.63) is 29.7 Å². The lowest BCUT2D eigenvalue weighted by atomic mass is 9.92. The van der Waals surface area contributed by atoms with Crippen LogP contribution in [0.15, 0.2) is 22.6 Å². The third-order valence-corrected chi connectivity index (χ3v) is 3.92. The Morgan fingerprint density at radius 1 is 1.38 bits per heavy atom. The predicted octanol–water partition coefficient (Wildman–Crippen LogP) is 1.98. The van der Waals surface area contributed by atoms with Crippen LogP contribution < -0.4 is 11.1 Å². The first-order valence-electron chi connectivity index (χ1n) is 7.30. The highest BCUT2D eigenvalue weighted by Crippen LogP contribution is 2.21. The summed E-state index contributed by atoms with van der Waals surface area (Å²) in [5, 5.41) is 9.91. The fraction of sp³-hybridized carbons (Fsp3) is 0.467. The summed E-state index contributed by atoms with van der Waals surface area (Å²) in [5.74, 6) is 1.35. The molecule has 3 rings (SSSR count). The lowest BCUT2D eigenvalue weighted by Crippen LogP contribution is -2.40. The maximum Gasteiger partial charge on any atom is 0.272 e. The van der Waals surface area contributed by atoms with Crippen LogP contribution in [0, 0.1) is 6.92 Å². The first kappa shape index (κ1) is 13.9. The van der Waals surface area contributed by atoms with Crippen molar-refractivity contribution in [3.63, 3.8) is 0 Å². The first-order chi connectivity index (χ1) is 10.1. The predicted molar refractivity (Wildman–Crippen MR) is 78.7 cm³/mol. The highest BCUT2D eigenvalue weighted by atomic mass is 16.3. The number of aryl methyl sites for hydroxylation is 1. The minimum Gasteiger partial charge on any atom is -0.460 e. The van der Waals surface area contributed by atoms with Crippen molar-refractivity contribution in [2.24, 2.45) is 5.73 Å². The average Bonchev–Trinajstić information content (AvgIpc) is 3.10. The molecule has 1 fully saturated rings. The summed E-state index contributed by atoms with van der Waals surface area (Å²) in [6.45, 7) is 1.88. The van der Waals surface area contributed by atoms with Crippen LogP contribution in [-0.4, -0.2) is 28.2 Å². The van der Waals surface area contributed by atoms with Gasteiger partial charge in [0, 0.05) is 18.2 Å². The van der Waals surface area contributed by atoms with Crippen molar-refractivity contribution in [1.29, 1.82) is 0 Å². The number of hydrogen-bond acceptors (Lipinski definition) is 4. The Morgan fingerprint density at radius 3 is 2.81 bits per heavy atom. The molecule has 0 aromatic carbocycles. The molecule has 2 aromatic heterocycles. The van der Waals surface area contributed by atoms with E-state index in [1.165, 1.54) is 0 Å². The van der Waals surface area contributed by atoms with E-state index in [1.54, 1.807) is 6.07 Å². The summed E-state index contributed by atoms with van der Waals surface area (Å²) < 4.78 is 5.51. The first-order valence-corrected chi connectivity index (χ1v) is 7.30. The van der Waals surface area contributed by atoms with E-state index in [2.05, 4.69) is 15.5 Å². The van der Waals surface area contributed by atoms with Crippen molar-refractivity contribution in [2.45, 2.75) is 44.7 Å². The third kappa shape index (κ3) is 3.16. The van der Waals surface area contributed by atoms with Crippen LogP contribution in [0.1, 0.15) is 41.9 Å². The Morgan fingerprint density at radius 2 is 2.14 bits per heavy atom. The van der Waals surface area contributed by atoms with Crippen LogP contribution in [0.4, 0.5) is 0 Å². The molecule has 0 unspecified atom stereocenters.